The summed E-state index contributed by atoms with van der Waals surface area (Å²) in [6, 6.07) is 3.67. The first-order chi connectivity index (χ1) is 13.4. The zero-order valence-corrected chi connectivity index (χ0v) is 16.4. The number of pyridine rings is 2. The van der Waals surface area contributed by atoms with E-state index in [1.54, 1.807) is 13.3 Å². The molecule has 1 aliphatic carbocycles. The van der Waals surface area contributed by atoms with E-state index in [9.17, 15) is 9.18 Å². The molecule has 9 heteroatoms. The average Bonchev–Trinajstić information content (AvgIpc) is 3.24. The highest BCUT2D eigenvalue weighted by molar-refractivity contribution is 7.15. The van der Waals surface area contributed by atoms with E-state index in [2.05, 4.69) is 25.5 Å². The van der Waals surface area contributed by atoms with Crippen molar-refractivity contribution in [2.45, 2.75) is 32.4 Å². The molecular formula is C19H18FN5O2S. The second kappa shape index (κ2) is 6.90. The first kappa shape index (κ1) is 18.4. The zero-order valence-electron chi connectivity index (χ0n) is 15.6. The Balaban J connectivity index is 1.69. The number of nitrogens with one attached hydrogen (secondary N) is 1. The lowest BCUT2D eigenvalue weighted by molar-refractivity contribution is 0.102. The van der Waals surface area contributed by atoms with Crippen LogP contribution in [0.25, 0.3) is 11.1 Å². The third-order valence-corrected chi connectivity index (χ3v) is 5.54. The van der Waals surface area contributed by atoms with E-state index >= 15 is 0 Å². The van der Waals surface area contributed by atoms with Crippen LogP contribution < -0.4 is 10.1 Å². The molecule has 0 aliphatic heterocycles. The predicted octanol–water partition coefficient (Wildman–Crippen LogP) is 3.83. The van der Waals surface area contributed by atoms with Crippen LogP contribution in [-0.4, -0.2) is 33.2 Å². The van der Waals surface area contributed by atoms with Crippen molar-refractivity contribution in [2.75, 3.05) is 12.4 Å². The number of ether oxygens (including phenoxy) is 1. The Morgan fingerprint density at radius 2 is 1.82 bits per heavy atom. The maximum absolute atomic E-state index is 14.1. The number of carbonyl (C=O) groups is 1. The number of carbonyl (C=O) groups excluding carboxylic acids is 1. The number of anilines is 1. The summed E-state index contributed by atoms with van der Waals surface area (Å²) in [6.07, 6.45) is 4.02. The fraction of sp³-hybridized carbons (Fsp3) is 0.316. The van der Waals surface area contributed by atoms with E-state index in [0.29, 0.717) is 34.7 Å². The van der Waals surface area contributed by atoms with Gasteiger partial charge in [-0.15, -0.1) is 10.2 Å². The zero-order chi connectivity index (χ0) is 19.9. The van der Waals surface area contributed by atoms with Gasteiger partial charge in [-0.25, -0.2) is 4.39 Å². The van der Waals surface area contributed by atoms with E-state index in [1.807, 2.05) is 26.0 Å². The Labute approximate surface area is 165 Å². The number of methoxy groups -OCH3 is 1. The van der Waals surface area contributed by atoms with Crippen LogP contribution in [0.1, 0.15) is 39.6 Å². The van der Waals surface area contributed by atoms with Gasteiger partial charge in [0, 0.05) is 28.7 Å². The number of amides is 1. The number of hydrogen-bond acceptors (Lipinski definition) is 7. The fourth-order valence-electron chi connectivity index (χ4n) is 2.83. The number of hydrogen-bond donors (Lipinski definition) is 1. The van der Waals surface area contributed by atoms with Crippen LogP contribution in [-0.2, 0) is 5.67 Å². The van der Waals surface area contributed by atoms with Crippen molar-refractivity contribution < 1.29 is 13.9 Å². The highest BCUT2D eigenvalue weighted by atomic mass is 32.1. The van der Waals surface area contributed by atoms with Crippen LogP contribution >= 0.6 is 11.3 Å². The Kier molecular flexibility index (Phi) is 4.54. The van der Waals surface area contributed by atoms with Crippen LogP contribution in [0.2, 0.25) is 0 Å². The number of aryl methyl sites for hydroxylation is 2. The molecule has 3 heterocycles. The third kappa shape index (κ3) is 3.45. The summed E-state index contributed by atoms with van der Waals surface area (Å²) in [5, 5.41) is 11.0. The summed E-state index contributed by atoms with van der Waals surface area (Å²) < 4.78 is 19.5. The normalized spacial score (nSPS) is 14.6. The molecule has 0 saturated heterocycles. The van der Waals surface area contributed by atoms with Gasteiger partial charge in [0.15, 0.2) is 10.7 Å². The van der Waals surface area contributed by atoms with Gasteiger partial charge < -0.3 is 4.74 Å². The van der Waals surface area contributed by atoms with Crippen molar-refractivity contribution in [1.82, 2.24) is 20.2 Å². The van der Waals surface area contributed by atoms with Gasteiger partial charge in [0.1, 0.15) is 5.75 Å². The Morgan fingerprint density at radius 3 is 2.50 bits per heavy atom. The van der Waals surface area contributed by atoms with Gasteiger partial charge in [-0.2, -0.15) is 0 Å². The van der Waals surface area contributed by atoms with Gasteiger partial charge in [-0.3, -0.25) is 20.1 Å². The highest BCUT2D eigenvalue weighted by Gasteiger charge is 2.48. The standard InChI is InChI=1S/C19H18FN5O2S/c1-10-6-12(13-7-11(2)22-9-15(13)27-3)14(8-21-10)16(26)23-18-25-24-17(28-18)19(20)4-5-19/h6-9H,4-5H2,1-3H3,(H,23,25,26). The van der Waals surface area contributed by atoms with E-state index < -0.39 is 11.6 Å². The van der Waals surface area contributed by atoms with Crippen LogP contribution in [0.4, 0.5) is 9.52 Å². The molecule has 0 aromatic carbocycles. The lowest BCUT2D eigenvalue weighted by atomic mass is 9.99. The van der Waals surface area contributed by atoms with E-state index in [1.165, 1.54) is 6.20 Å². The van der Waals surface area contributed by atoms with Crippen molar-refractivity contribution >= 4 is 22.4 Å². The number of halogens is 1. The maximum atomic E-state index is 14.1. The van der Waals surface area contributed by atoms with Crippen molar-refractivity contribution in [2.24, 2.45) is 0 Å². The molecule has 1 aliphatic rings. The molecule has 4 rings (SSSR count). The molecule has 0 bridgehead atoms. The second-order valence-electron chi connectivity index (χ2n) is 6.73. The van der Waals surface area contributed by atoms with Gasteiger partial charge in [0.25, 0.3) is 5.91 Å². The monoisotopic (exact) mass is 399 g/mol. The van der Waals surface area contributed by atoms with Crippen molar-refractivity contribution in [3.63, 3.8) is 0 Å². The SMILES string of the molecule is COc1cnc(C)cc1-c1cc(C)ncc1C(=O)Nc1nnc(C2(F)CC2)s1. The summed E-state index contributed by atoms with van der Waals surface area (Å²) in [7, 11) is 1.55. The lowest BCUT2D eigenvalue weighted by Crippen LogP contribution is -2.14. The first-order valence-electron chi connectivity index (χ1n) is 8.71. The number of aromatic nitrogens is 4. The molecule has 7 nitrogen and oxygen atoms in total. The molecule has 3 aromatic heterocycles. The summed E-state index contributed by atoms with van der Waals surface area (Å²) in [4.78, 5) is 21.4. The van der Waals surface area contributed by atoms with E-state index in [4.69, 9.17) is 4.74 Å². The van der Waals surface area contributed by atoms with Gasteiger partial charge in [-0.1, -0.05) is 11.3 Å². The van der Waals surface area contributed by atoms with E-state index in [0.717, 1.165) is 28.3 Å². The minimum Gasteiger partial charge on any atom is -0.494 e. The lowest BCUT2D eigenvalue weighted by Gasteiger charge is -2.13. The number of rotatable bonds is 5. The largest absolute Gasteiger partial charge is 0.494 e. The second-order valence-corrected chi connectivity index (χ2v) is 7.71. The fourth-order valence-corrected chi connectivity index (χ4v) is 3.70. The van der Waals surface area contributed by atoms with Gasteiger partial charge in [0.05, 0.1) is 18.9 Å². The molecule has 1 fully saturated rings. The third-order valence-electron chi connectivity index (χ3n) is 4.52. The summed E-state index contributed by atoms with van der Waals surface area (Å²) >= 11 is 1.06. The van der Waals surface area contributed by atoms with Crippen molar-refractivity contribution in [1.29, 1.82) is 0 Å². The predicted molar refractivity (Wildman–Crippen MR) is 103 cm³/mol. The summed E-state index contributed by atoms with van der Waals surface area (Å²) in [5.41, 5.74) is 1.94. The quantitative estimate of drug-likeness (QED) is 0.701. The minimum absolute atomic E-state index is 0.258. The van der Waals surface area contributed by atoms with Gasteiger partial charge in [0.2, 0.25) is 5.13 Å². The van der Waals surface area contributed by atoms with Crippen LogP contribution in [0.15, 0.2) is 24.5 Å². The molecule has 28 heavy (non-hydrogen) atoms. The highest BCUT2D eigenvalue weighted by Crippen LogP contribution is 2.50. The van der Waals surface area contributed by atoms with Gasteiger partial charge >= 0.3 is 0 Å². The van der Waals surface area contributed by atoms with E-state index in [-0.39, 0.29) is 5.13 Å². The Hall–Kier alpha value is -2.94. The number of nitrogens with zero attached hydrogens (tertiary/aromatic N) is 4. The van der Waals surface area contributed by atoms with Crippen LogP contribution in [0.5, 0.6) is 5.75 Å². The molecule has 0 spiro atoms. The smallest absolute Gasteiger partial charge is 0.259 e. The number of alkyl halides is 1. The van der Waals surface area contributed by atoms with Gasteiger partial charge in [-0.05, 0) is 38.8 Å². The summed E-state index contributed by atoms with van der Waals surface area (Å²) in [5.74, 6) is 0.155. The molecule has 1 saturated carbocycles. The van der Waals surface area contributed by atoms with Crippen molar-refractivity contribution in [3.8, 4) is 16.9 Å². The average molecular weight is 399 g/mol. The molecule has 0 radical (unpaired) electrons. The topological polar surface area (TPSA) is 89.9 Å². The molecule has 144 valence electrons. The Bertz CT molecular complexity index is 1060. The van der Waals surface area contributed by atoms with Crippen molar-refractivity contribution in [3.05, 3.63) is 46.5 Å². The summed E-state index contributed by atoms with van der Waals surface area (Å²) in [6.45, 7) is 3.71. The van der Waals surface area contributed by atoms with Crippen LogP contribution in [0.3, 0.4) is 0 Å². The minimum atomic E-state index is -1.38. The Morgan fingerprint density at radius 1 is 1.14 bits per heavy atom. The van der Waals surface area contributed by atoms with Crippen LogP contribution in [0, 0.1) is 13.8 Å². The molecular weight excluding hydrogens is 381 g/mol. The molecule has 0 atom stereocenters. The molecule has 3 aromatic rings. The molecule has 1 amide bonds. The molecule has 1 N–H and O–H groups in total. The first-order valence-corrected chi connectivity index (χ1v) is 9.53. The maximum Gasteiger partial charge on any atom is 0.259 e. The molecule has 0 unspecified atom stereocenters.